The molecule has 0 radical (unpaired) electrons. The van der Waals surface area contributed by atoms with Gasteiger partial charge in [-0.05, 0) is 29.8 Å². The molecule has 5 nitrogen and oxygen atoms in total. The van der Waals surface area contributed by atoms with Gasteiger partial charge in [0.05, 0.1) is 11.3 Å². The third kappa shape index (κ3) is 3.01. The smallest absolute Gasteiger partial charge is 0.435 e. The van der Waals surface area contributed by atoms with Gasteiger partial charge in [0, 0.05) is 16.7 Å². The Balaban J connectivity index is 2.13. The van der Waals surface area contributed by atoms with Crippen molar-refractivity contribution in [3.05, 3.63) is 75.7 Å². The van der Waals surface area contributed by atoms with Crippen LogP contribution in [0.2, 0.25) is 5.02 Å². The summed E-state index contributed by atoms with van der Waals surface area (Å²) in [6.07, 6.45) is -4.77. The van der Waals surface area contributed by atoms with Crippen molar-refractivity contribution in [2.24, 2.45) is 0 Å². The lowest BCUT2D eigenvalue weighted by atomic mass is 10.1. The number of nitrogens with one attached hydrogen (secondary N) is 1. The first kappa shape index (κ1) is 18.1. The predicted molar refractivity (Wildman–Crippen MR) is 98.4 cm³/mol. The predicted octanol–water partition coefficient (Wildman–Crippen LogP) is 4.73. The molecule has 0 saturated heterocycles. The minimum atomic E-state index is -4.77. The molecule has 0 bridgehead atoms. The van der Waals surface area contributed by atoms with E-state index in [4.69, 9.17) is 11.6 Å². The van der Waals surface area contributed by atoms with Crippen molar-refractivity contribution in [2.45, 2.75) is 6.18 Å². The molecule has 0 spiro atoms. The molecule has 9 heteroatoms. The normalized spacial score (nSPS) is 11.9. The van der Waals surface area contributed by atoms with Gasteiger partial charge in [-0.2, -0.15) is 18.3 Å². The fourth-order valence-corrected chi connectivity index (χ4v) is 3.14. The van der Waals surface area contributed by atoms with E-state index in [1.807, 2.05) is 0 Å². The van der Waals surface area contributed by atoms with Crippen LogP contribution >= 0.6 is 11.6 Å². The van der Waals surface area contributed by atoms with E-state index in [0.717, 1.165) is 10.6 Å². The molecule has 4 aromatic rings. The third-order valence-electron chi connectivity index (χ3n) is 4.20. The first-order chi connectivity index (χ1) is 13.3. The lowest BCUT2D eigenvalue weighted by Gasteiger charge is -2.07. The molecule has 0 unspecified atom stereocenters. The summed E-state index contributed by atoms with van der Waals surface area (Å²) in [7, 11) is 0. The zero-order chi connectivity index (χ0) is 20.1. The zero-order valence-corrected chi connectivity index (χ0v) is 14.7. The second kappa shape index (κ2) is 6.42. The number of phenolic OH excluding ortho intramolecular Hbond substituents is 1. The number of hydrogen-bond acceptors (Lipinski definition) is 3. The van der Waals surface area contributed by atoms with E-state index in [9.17, 15) is 23.1 Å². The highest BCUT2D eigenvalue weighted by Crippen LogP contribution is 2.40. The van der Waals surface area contributed by atoms with Crippen LogP contribution in [-0.2, 0) is 6.18 Å². The van der Waals surface area contributed by atoms with E-state index < -0.39 is 17.4 Å². The van der Waals surface area contributed by atoms with Crippen molar-refractivity contribution < 1.29 is 18.3 Å². The molecule has 28 heavy (non-hydrogen) atoms. The highest BCUT2D eigenvalue weighted by Gasteiger charge is 2.39. The first-order valence-electron chi connectivity index (χ1n) is 8.03. The van der Waals surface area contributed by atoms with E-state index in [1.165, 1.54) is 36.4 Å². The van der Waals surface area contributed by atoms with E-state index in [2.05, 4.69) is 10.1 Å². The Bertz CT molecular complexity index is 1240. The van der Waals surface area contributed by atoms with E-state index >= 15 is 0 Å². The van der Waals surface area contributed by atoms with Crippen molar-refractivity contribution in [2.75, 3.05) is 0 Å². The van der Waals surface area contributed by atoms with Gasteiger partial charge in [-0.25, -0.2) is 4.52 Å². The van der Waals surface area contributed by atoms with Crippen molar-refractivity contribution in [3.8, 4) is 28.1 Å². The van der Waals surface area contributed by atoms with Crippen molar-refractivity contribution in [1.29, 1.82) is 0 Å². The number of hydrogen-bond donors (Lipinski definition) is 2. The third-order valence-corrected chi connectivity index (χ3v) is 4.46. The SMILES string of the molecule is O=c1cc(-c2ccccc2O)n2nc(C(F)(F)F)c(-c3ccc(Cl)cc3)c2[nH]1. The minimum absolute atomic E-state index is 0.0302. The molecule has 0 saturated carbocycles. The summed E-state index contributed by atoms with van der Waals surface area (Å²) in [6, 6.07) is 12.8. The van der Waals surface area contributed by atoms with Gasteiger partial charge in [0.2, 0.25) is 0 Å². The Hall–Kier alpha value is -3.26. The van der Waals surface area contributed by atoms with Gasteiger partial charge in [0.1, 0.15) is 11.4 Å². The van der Waals surface area contributed by atoms with Crippen molar-refractivity contribution >= 4 is 17.2 Å². The molecule has 2 aromatic carbocycles. The number of phenols is 1. The van der Waals surface area contributed by atoms with Crippen LogP contribution in [0.1, 0.15) is 5.69 Å². The van der Waals surface area contributed by atoms with E-state index in [-0.39, 0.29) is 33.8 Å². The number of nitrogens with zero attached hydrogens (tertiary/aromatic N) is 2. The van der Waals surface area contributed by atoms with Crippen LogP contribution in [0.3, 0.4) is 0 Å². The highest BCUT2D eigenvalue weighted by atomic mass is 35.5. The molecule has 2 N–H and O–H groups in total. The van der Waals surface area contributed by atoms with Crippen molar-refractivity contribution in [3.63, 3.8) is 0 Å². The maximum atomic E-state index is 13.7. The van der Waals surface area contributed by atoms with Crippen LogP contribution in [0.25, 0.3) is 28.0 Å². The average Bonchev–Trinajstić information content (AvgIpc) is 3.02. The van der Waals surface area contributed by atoms with Gasteiger partial charge in [0.15, 0.2) is 5.69 Å². The first-order valence-corrected chi connectivity index (χ1v) is 8.41. The van der Waals surface area contributed by atoms with Gasteiger partial charge in [-0.15, -0.1) is 0 Å². The molecule has 142 valence electrons. The molecular formula is C19H11ClF3N3O2. The minimum Gasteiger partial charge on any atom is -0.507 e. The maximum Gasteiger partial charge on any atom is 0.435 e. The second-order valence-electron chi connectivity index (χ2n) is 6.02. The van der Waals surface area contributed by atoms with Crippen LogP contribution < -0.4 is 5.56 Å². The Morgan fingerprint density at radius 2 is 1.75 bits per heavy atom. The van der Waals surface area contributed by atoms with Gasteiger partial charge in [-0.1, -0.05) is 35.9 Å². The summed E-state index contributed by atoms with van der Waals surface area (Å²) >= 11 is 5.84. The van der Waals surface area contributed by atoms with Gasteiger partial charge >= 0.3 is 6.18 Å². The summed E-state index contributed by atoms with van der Waals surface area (Å²) in [5.41, 5.74) is -1.81. The molecule has 2 aromatic heterocycles. The standard InChI is InChI=1S/C19H11ClF3N3O2/c20-11-7-5-10(6-8-11)16-17(19(21,22)23)25-26-13(9-15(28)24-18(16)26)12-3-1-2-4-14(12)27/h1-9,27H,(H,24,28). The molecule has 0 aliphatic rings. The Morgan fingerprint density at radius 3 is 2.39 bits per heavy atom. The van der Waals surface area contributed by atoms with Crippen LogP contribution in [0.4, 0.5) is 13.2 Å². The molecule has 0 aliphatic heterocycles. The average molecular weight is 406 g/mol. The number of benzene rings is 2. The number of aromatic hydroxyl groups is 1. The monoisotopic (exact) mass is 405 g/mol. The number of halogens is 4. The topological polar surface area (TPSA) is 70.4 Å². The molecule has 4 rings (SSSR count). The van der Waals surface area contributed by atoms with E-state index in [0.29, 0.717) is 5.02 Å². The Morgan fingerprint density at radius 1 is 1.07 bits per heavy atom. The zero-order valence-electron chi connectivity index (χ0n) is 14.0. The molecule has 0 aliphatic carbocycles. The number of para-hydroxylation sites is 1. The lowest BCUT2D eigenvalue weighted by Crippen LogP contribution is -2.10. The molecule has 0 fully saturated rings. The van der Waals surface area contributed by atoms with Crippen LogP contribution in [0, 0.1) is 0 Å². The fraction of sp³-hybridized carbons (Fsp3) is 0.0526. The number of alkyl halides is 3. The summed E-state index contributed by atoms with van der Waals surface area (Å²) < 4.78 is 42.1. The molecule has 0 atom stereocenters. The van der Waals surface area contributed by atoms with E-state index in [1.54, 1.807) is 12.1 Å². The quantitative estimate of drug-likeness (QED) is 0.506. The number of fused-ring (bicyclic) bond motifs is 1. The summed E-state index contributed by atoms with van der Waals surface area (Å²) in [5.74, 6) is -0.188. The Kier molecular flexibility index (Phi) is 4.15. The summed E-state index contributed by atoms with van der Waals surface area (Å²) in [6.45, 7) is 0. The number of rotatable bonds is 2. The van der Waals surface area contributed by atoms with Crippen LogP contribution in [0.5, 0.6) is 5.75 Å². The summed E-state index contributed by atoms with van der Waals surface area (Å²) in [5, 5.41) is 14.2. The van der Waals surface area contributed by atoms with Gasteiger partial charge in [-0.3, -0.25) is 4.79 Å². The highest BCUT2D eigenvalue weighted by molar-refractivity contribution is 6.30. The number of aromatic nitrogens is 3. The summed E-state index contributed by atoms with van der Waals surface area (Å²) in [4.78, 5) is 14.6. The van der Waals surface area contributed by atoms with Crippen LogP contribution in [-0.4, -0.2) is 19.7 Å². The number of H-pyrrole nitrogens is 1. The maximum absolute atomic E-state index is 13.7. The molecule has 0 amide bonds. The van der Waals surface area contributed by atoms with Gasteiger partial charge < -0.3 is 10.1 Å². The largest absolute Gasteiger partial charge is 0.507 e. The fourth-order valence-electron chi connectivity index (χ4n) is 3.02. The number of aromatic amines is 1. The molecule has 2 heterocycles. The van der Waals surface area contributed by atoms with Gasteiger partial charge in [0.25, 0.3) is 5.56 Å². The van der Waals surface area contributed by atoms with Crippen LogP contribution in [0.15, 0.2) is 59.4 Å². The lowest BCUT2D eigenvalue weighted by molar-refractivity contribution is -0.140. The molecular weight excluding hydrogens is 395 g/mol. The van der Waals surface area contributed by atoms with Crippen molar-refractivity contribution in [1.82, 2.24) is 14.6 Å². The Labute approximate surface area is 160 Å². The second-order valence-corrected chi connectivity index (χ2v) is 6.46.